The first-order valence-corrected chi connectivity index (χ1v) is 7.60. The highest BCUT2D eigenvalue weighted by molar-refractivity contribution is 7.17. The van der Waals surface area contributed by atoms with Crippen LogP contribution < -0.4 is 0 Å². The summed E-state index contributed by atoms with van der Waals surface area (Å²) in [5.74, 6) is 0. The summed E-state index contributed by atoms with van der Waals surface area (Å²) in [6, 6.07) is 18.2. The Kier molecular flexibility index (Phi) is 5.16. The van der Waals surface area contributed by atoms with Gasteiger partial charge in [0.2, 0.25) is 0 Å². The second-order valence-corrected chi connectivity index (χ2v) is 6.13. The van der Waals surface area contributed by atoms with Gasteiger partial charge in [-0.25, -0.2) is 0 Å². The van der Waals surface area contributed by atoms with Crippen LogP contribution >= 0.6 is 9.24 Å². The molecule has 0 heterocycles. The Bertz CT molecular complexity index is 496. The van der Waals surface area contributed by atoms with Crippen molar-refractivity contribution in [1.82, 2.24) is 0 Å². The molecule has 2 aromatic carbocycles. The first kappa shape index (κ1) is 14.3. The minimum atomic E-state index is 0.564. The monoisotopic (exact) mass is 269 g/mol. The summed E-state index contributed by atoms with van der Waals surface area (Å²) in [4.78, 5) is 0. The highest BCUT2D eigenvalue weighted by Crippen LogP contribution is 2.29. The van der Waals surface area contributed by atoms with E-state index in [1.165, 1.54) is 35.1 Å². The average molecular weight is 269 g/mol. The van der Waals surface area contributed by atoms with Crippen molar-refractivity contribution in [3.8, 4) is 0 Å². The first-order valence-electron chi connectivity index (χ1n) is 6.94. The molecule has 0 spiro atoms. The molecule has 0 bridgehead atoms. The van der Waals surface area contributed by atoms with Crippen molar-refractivity contribution in [1.29, 1.82) is 0 Å². The van der Waals surface area contributed by atoms with Gasteiger partial charge in [0, 0.05) is 0 Å². The first-order chi connectivity index (χ1) is 9.15. The highest BCUT2D eigenvalue weighted by atomic mass is 31.0. The summed E-state index contributed by atoms with van der Waals surface area (Å²) in [7, 11) is 3.00. The molecular weight excluding hydrogens is 247 g/mol. The molecule has 2 unspecified atom stereocenters. The van der Waals surface area contributed by atoms with E-state index in [-0.39, 0.29) is 0 Å². The van der Waals surface area contributed by atoms with Gasteiger partial charge in [0.1, 0.15) is 0 Å². The van der Waals surface area contributed by atoms with Crippen LogP contribution in [0.4, 0.5) is 0 Å². The van der Waals surface area contributed by atoms with Crippen LogP contribution in [-0.2, 0) is 6.42 Å². The normalized spacial score (nSPS) is 12.4. The molecule has 1 radical (unpaired) electrons. The molecule has 0 saturated heterocycles. The fourth-order valence-electron chi connectivity index (χ4n) is 2.50. The second kappa shape index (κ2) is 6.87. The van der Waals surface area contributed by atoms with Crippen molar-refractivity contribution >= 4 is 9.24 Å². The summed E-state index contributed by atoms with van der Waals surface area (Å²) in [5.41, 5.74) is 6.15. The van der Waals surface area contributed by atoms with E-state index < -0.39 is 0 Å². The molecule has 0 nitrogen and oxygen atoms in total. The number of aryl methyl sites for hydroxylation is 3. The lowest BCUT2D eigenvalue weighted by Crippen LogP contribution is -1.94. The zero-order valence-electron chi connectivity index (χ0n) is 11.8. The van der Waals surface area contributed by atoms with E-state index in [0.29, 0.717) is 5.66 Å². The average Bonchev–Trinajstić information content (AvgIpc) is 2.38. The van der Waals surface area contributed by atoms with Gasteiger partial charge >= 0.3 is 0 Å². The van der Waals surface area contributed by atoms with Crippen LogP contribution in [0, 0.1) is 19.9 Å². The summed E-state index contributed by atoms with van der Waals surface area (Å²) in [5, 5.41) is 0. The number of rotatable bonds is 5. The predicted octanol–water partition coefficient (Wildman–Crippen LogP) is 5.04. The van der Waals surface area contributed by atoms with Crippen molar-refractivity contribution in [2.45, 2.75) is 38.8 Å². The van der Waals surface area contributed by atoms with Gasteiger partial charge in [-0.2, -0.15) is 0 Å². The topological polar surface area (TPSA) is 0 Å². The van der Waals surface area contributed by atoms with E-state index in [9.17, 15) is 0 Å². The number of benzene rings is 2. The molecule has 0 aromatic heterocycles. The van der Waals surface area contributed by atoms with Gasteiger partial charge in [-0.1, -0.05) is 53.6 Å². The lowest BCUT2D eigenvalue weighted by Gasteiger charge is -2.13. The maximum Gasteiger partial charge on any atom is -0.00143 e. The Balaban J connectivity index is 1.89. The van der Waals surface area contributed by atoms with Crippen LogP contribution in [0.2, 0.25) is 0 Å². The van der Waals surface area contributed by atoms with Gasteiger partial charge in [0.05, 0.1) is 0 Å². The minimum Gasteiger partial charge on any atom is -0.130 e. The molecule has 2 atom stereocenters. The Hall–Kier alpha value is -1.13. The number of hydrogen-bond acceptors (Lipinski definition) is 0. The van der Waals surface area contributed by atoms with E-state index >= 15 is 0 Å². The van der Waals surface area contributed by atoms with Gasteiger partial charge in [0.15, 0.2) is 0 Å². The van der Waals surface area contributed by atoms with Crippen LogP contribution in [0.3, 0.4) is 0 Å². The molecule has 0 aliphatic heterocycles. The quantitative estimate of drug-likeness (QED) is 0.667. The van der Waals surface area contributed by atoms with E-state index in [2.05, 4.69) is 59.5 Å². The summed E-state index contributed by atoms with van der Waals surface area (Å²) >= 11 is 0. The highest BCUT2D eigenvalue weighted by Gasteiger charge is 2.06. The molecule has 19 heavy (non-hydrogen) atoms. The van der Waals surface area contributed by atoms with Crippen molar-refractivity contribution in [2.24, 2.45) is 0 Å². The van der Waals surface area contributed by atoms with Gasteiger partial charge in [-0.3, -0.25) is 0 Å². The van der Waals surface area contributed by atoms with Crippen molar-refractivity contribution in [3.63, 3.8) is 0 Å². The van der Waals surface area contributed by atoms with E-state index in [1.54, 1.807) is 0 Å². The summed E-state index contributed by atoms with van der Waals surface area (Å²) in [6.07, 6.45) is 3.60. The third kappa shape index (κ3) is 4.48. The molecule has 2 rings (SSSR count). The minimum absolute atomic E-state index is 0.564. The molecule has 1 heteroatoms. The Morgan fingerprint density at radius 1 is 1.05 bits per heavy atom. The molecule has 2 aromatic rings. The van der Waals surface area contributed by atoms with Gasteiger partial charge in [-0.15, -0.1) is 9.24 Å². The molecule has 0 aliphatic rings. The molecule has 0 N–H and O–H groups in total. The zero-order chi connectivity index (χ0) is 13.7. The lowest BCUT2D eigenvalue weighted by atomic mass is 10.00. The Morgan fingerprint density at radius 3 is 2.32 bits per heavy atom. The Labute approximate surface area is 119 Å². The molecular formula is C18H22P. The van der Waals surface area contributed by atoms with E-state index in [4.69, 9.17) is 0 Å². The molecule has 0 amide bonds. The lowest BCUT2D eigenvalue weighted by molar-refractivity contribution is 0.722. The van der Waals surface area contributed by atoms with Crippen LogP contribution in [0.25, 0.3) is 0 Å². The van der Waals surface area contributed by atoms with Crippen molar-refractivity contribution in [2.75, 3.05) is 0 Å². The standard InChI is InChI=1S/C18H22P/c1-14-11-15(2)13-17(12-14)18(19)10-6-9-16-7-4-3-5-8-16/h4-5,7-8,11-13,18H,6,9-10,19H2,1-2H3. The van der Waals surface area contributed by atoms with Crippen LogP contribution in [0.1, 0.15) is 40.8 Å². The van der Waals surface area contributed by atoms with Gasteiger partial charge in [0.25, 0.3) is 0 Å². The third-order valence-electron chi connectivity index (χ3n) is 3.44. The van der Waals surface area contributed by atoms with Crippen LogP contribution in [0.5, 0.6) is 0 Å². The fourth-order valence-corrected chi connectivity index (χ4v) is 2.93. The summed E-state index contributed by atoms with van der Waals surface area (Å²) in [6.45, 7) is 4.35. The molecule has 0 aliphatic carbocycles. The van der Waals surface area contributed by atoms with Crippen LogP contribution in [0.15, 0.2) is 42.5 Å². The van der Waals surface area contributed by atoms with Gasteiger partial charge in [-0.05, 0) is 56.0 Å². The molecule has 99 valence electrons. The molecule has 0 saturated carbocycles. The number of hydrogen-bond donors (Lipinski definition) is 0. The molecule has 0 fully saturated rings. The van der Waals surface area contributed by atoms with Crippen LogP contribution in [-0.4, -0.2) is 0 Å². The zero-order valence-corrected chi connectivity index (χ0v) is 13.0. The largest absolute Gasteiger partial charge is 0.130 e. The maximum atomic E-state index is 3.07. The summed E-state index contributed by atoms with van der Waals surface area (Å²) < 4.78 is 0. The second-order valence-electron chi connectivity index (χ2n) is 5.33. The SMILES string of the molecule is Cc1cc(C)cc(C(P)CCCc2cc[c]cc2)c1. The van der Waals surface area contributed by atoms with Gasteiger partial charge < -0.3 is 0 Å². The fraction of sp³-hybridized carbons (Fsp3) is 0.333. The van der Waals surface area contributed by atoms with E-state index in [1.807, 2.05) is 12.1 Å². The third-order valence-corrected chi connectivity index (χ3v) is 4.16. The predicted molar refractivity (Wildman–Crippen MR) is 86.6 cm³/mol. The van der Waals surface area contributed by atoms with Crippen molar-refractivity contribution in [3.05, 3.63) is 70.8 Å². The maximum absolute atomic E-state index is 3.07. The Morgan fingerprint density at radius 2 is 1.68 bits per heavy atom. The smallest absolute Gasteiger partial charge is 0.00143 e. The van der Waals surface area contributed by atoms with E-state index in [0.717, 1.165) is 6.42 Å². The van der Waals surface area contributed by atoms with Crippen molar-refractivity contribution < 1.29 is 0 Å².